The third kappa shape index (κ3) is 5.77. The molecule has 1 aromatic rings. The van der Waals surface area contributed by atoms with Crippen LogP contribution < -0.4 is 5.32 Å². The first kappa shape index (κ1) is 14.6. The summed E-state index contributed by atoms with van der Waals surface area (Å²) in [7, 11) is 0. The normalized spacial score (nSPS) is 13.1. The fraction of sp³-hybridized carbons (Fsp3) is 0.571. The highest BCUT2D eigenvalue weighted by Gasteiger charge is 2.21. The highest BCUT2D eigenvalue weighted by atomic mass is 16.6. The van der Waals surface area contributed by atoms with Gasteiger partial charge in [-0.2, -0.15) is 0 Å². The van der Waals surface area contributed by atoms with Gasteiger partial charge in [0, 0.05) is 25.5 Å². The average Bonchev–Trinajstić information content (AvgIpc) is 2.28. The standard InChI is InChI=1S/C14H22N2O2/c1-11(13(17)18-14(2,3)4)8-16-10-12-6-5-7-15-9-12/h5-7,9,11,16H,8,10H2,1-4H3. The highest BCUT2D eigenvalue weighted by molar-refractivity contribution is 5.72. The van der Waals surface area contributed by atoms with Crippen LogP contribution in [-0.4, -0.2) is 23.1 Å². The number of nitrogens with one attached hydrogen (secondary N) is 1. The summed E-state index contributed by atoms with van der Waals surface area (Å²) in [6.45, 7) is 8.80. The maximum Gasteiger partial charge on any atom is 0.310 e. The van der Waals surface area contributed by atoms with Crippen molar-refractivity contribution in [1.29, 1.82) is 0 Å². The third-order valence-corrected chi connectivity index (χ3v) is 2.31. The Bertz CT molecular complexity index is 371. The van der Waals surface area contributed by atoms with Crippen molar-refractivity contribution in [3.63, 3.8) is 0 Å². The zero-order valence-electron chi connectivity index (χ0n) is 11.6. The SMILES string of the molecule is CC(CNCc1cccnc1)C(=O)OC(C)(C)C. The Labute approximate surface area is 109 Å². The second-order valence-electron chi connectivity index (χ2n) is 5.43. The smallest absolute Gasteiger partial charge is 0.310 e. The van der Waals surface area contributed by atoms with Crippen LogP contribution >= 0.6 is 0 Å². The van der Waals surface area contributed by atoms with Crippen LogP contribution in [-0.2, 0) is 16.1 Å². The Morgan fingerprint density at radius 3 is 2.78 bits per heavy atom. The Balaban J connectivity index is 2.29. The minimum Gasteiger partial charge on any atom is -0.460 e. The first-order chi connectivity index (χ1) is 8.38. The molecule has 100 valence electrons. The van der Waals surface area contributed by atoms with Gasteiger partial charge in [0.2, 0.25) is 0 Å². The summed E-state index contributed by atoms with van der Waals surface area (Å²) < 4.78 is 5.31. The van der Waals surface area contributed by atoms with Crippen LogP contribution in [0.15, 0.2) is 24.5 Å². The van der Waals surface area contributed by atoms with Gasteiger partial charge >= 0.3 is 5.97 Å². The predicted molar refractivity (Wildman–Crippen MR) is 71.0 cm³/mol. The topological polar surface area (TPSA) is 51.2 Å². The molecule has 0 amide bonds. The Hall–Kier alpha value is -1.42. The number of esters is 1. The summed E-state index contributed by atoms with van der Waals surface area (Å²) in [6, 6.07) is 3.90. The summed E-state index contributed by atoms with van der Waals surface area (Å²) in [4.78, 5) is 15.8. The number of aromatic nitrogens is 1. The van der Waals surface area contributed by atoms with Crippen molar-refractivity contribution in [1.82, 2.24) is 10.3 Å². The van der Waals surface area contributed by atoms with E-state index in [1.54, 1.807) is 6.20 Å². The van der Waals surface area contributed by atoms with Crippen LogP contribution in [0, 0.1) is 5.92 Å². The van der Waals surface area contributed by atoms with Crippen molar-refractivity contribution in [3.8, 4) is 0 Å². The van der Waals surface area contributed by atoms with Crippen molar-refractivity contribution in [2.45, 2.75) is 39.8 Å². The zero-order valence-corrected chi connectivity index (χ0v) is 11.6. The molecule has 1 N–H and O–H groups in total. The molecule has 18 heavy (non-hydrogen) atoms. The lowest BCUT2D eigenvalue weighted by Crippen LogP contribution is -2.32. The summed E-state index contributed by atoms with van der Waals surface area (Å²) in [5, 5.41) is 3.23. The van der Waals surface area contributed by atoms with Crippen molar-refractivity contribution >= 4 is 5.97 Å². The lowest BCUT2D eigenvalue weighted by atomic mass is 10.1. The van der Waals surface area contributed by atoms with Crippen molar-refractivity contribution in [2.24, 2.45) is 5.92 Å². The molecule has 1 aromatic heterocycles. The third-order valence-electron chi connectivity index (χ3n) is 2.31. The Morgan fingerprint density at radius 2 is 2.22 bits per heavy atom. The first-order valence-electron chi connectivity index (χ1n) is 6.21. The number of rotatable bonds is 5. The van der Waals surface area contributed by atoms with E-state index in [9.17, 15) is 4.79 Å². The number of carbonyl (C=O) groups excluding carboxylic acids is 1. The highest BCUT2D eigenvalue weighted by Crippen LogP contribution is 2.10. The van der Waals surface area contributed by atoms with Gasteiger partial charge in [-0.1, -0.05) is 13.0 Å². The molecule has 1 unspecified atom stereocenters. The predicted octanol–water partition coefficient (Wildman–Crippen LogP) is 2.15. The largest absolute Gasteiger partial charge is 0.460 e. The molecule has 0 radical (unpaired) electrons. The molecule has 4 heteroatoms. The van der Waals surface area contributed by atoms with E-state index >= 15 is 0 Å². The van der Waals surface area contributed by atoms with E-state index in [2.05, 4.69) is 10.3 Å². The molecule has 0 saturated carbocycles. The van der Waals surface area contributed by atoms with Gasteiger partial charge in [-0.15, -0.1) is 0 Å². The number of hydrogen-bond donors (Lipinski definition) is 1. The molecule has 1 atom stereocenters. The molecule has 0 aliphatic carbocycles. The molecule has 0 aliphatic rings. The van der Waals surface area contributed by atoms with E-state index in [4.69, 9.17) is 4.74 Å². The number of nitrogens with zero attached hydrogens (tertiary/aromatic N) is 1. The number of carbonyl (C=O) groups is 1. The first-order valence-corrected chi connectivity index (χ1v) is 6.21. The minimum atomic E-state index is -0.422. The number of hydrogen-bond acceptors (Lipinski definition) is 4. The minimum absolute atomic E-state index is 0.152. The zero-order chi connectivity index (χ0) is 13.6. The Morgan fingerprint density at radius 1 is 1.50 bits per heavy atom. The molecular formula is C14H22N2O2. The van der Waals surface area contributed by atoms with Crippen LogP contribution in [0.3, 0.4) is 0 Å². The van der Waals surface area contributed by atoms with E-state index in [1.165, 1.54) is 0 Å². The van der Waals surface area contributed by atoms with Crippen molar-refractivity contribution < 1.29 is 9.53 Å². The molecule has 0 spiro atoms. The van der Waals surface area contributed by atoms with Crippen LogP contribution in [0.4, 0.5) is 0 Å². The molecule has 0 fully saturated rings. The summed E-state index contributed by atoms with van der Waals surface area (Å²) >= 11 is 0. The second kappa shape index (κ2) is 6.50. The van der Waals surface area contributed by atoms with Gasteiger partial charge in [0.05, 0.1) is 5.92 Å². The van der Waals surface area contributed by atoms with E-state index in [1.807, 2.05) is 46.0 Å². The van der Waals surface area contributed by atoms with E-state index in [-0.39, 0.29) is 11.9 Å². The van der Waals surface area contributed by atoms with Crippen LogP contribution in [0.2, 0.25) is 0 Å². The lowest BCUT2D eigenvalue weighted by molar-refractivity contribution is -0.159. The monoisotopic (exact) mass is 250 g/mol. The molecule has 0 bridgehead atoms. The van der Waals surface area contributed by atoms with Gasteiger partial charge in [-0.05, 0) is 32.4 Å². The summed E-state index contributed by atoms with van der Waals surface area (Å²) in [6.07, 6.45) is 3.55. The van der Waals surface area contributed by atoms with Crippen LogP contribution in [0.25, 0.3) is 0 Å². The summed E-state index contributed by atoms with van der Waals surface area (Å²) in [5.41, 5.74) is 0.684. The fourth-order valence-corrected chi connectivity index (χ4v) is 1.42. The van der Waals surface area contributed by atoms with E-state index < -0.39 is 5.60 Å². The van der Waals surface area contributed by atoms with Gasteiger partial charge in [0.1, 0.15) is 5.60 Å². The quantitative estimate of drug-likeness (QED) is 0.814. The lowest BCUT2D eigenvalue weighted by Gasteiger charge is -2.22. The molecule has 0 aliphatic heterocycles. The molecular weight excluding hydrogens is 228 g/mol. The molecule has 0 saturated heterocycles. The molecule has 0 aromatic carbocycles. The molecule has 4 nitrogen and oxygen atoms in total. The van der Waals surface area contributed by atoms with Gasteiger partial charge in [0.25, 0.3) is 0 Å². The van der Waals surface area contributed by atoms with Gasteiger partial charge < -0.3 is 10.1 Å². The van der Waals surface area contributed by atoms with Gasteiger partial charge in [-0.3, -0.25) is 9.78 Å². The fourth-order valence-electron chi connectivity index (χ4n) is 1.42. The maximum atomic E-state index is 11.7. The van der Waals surface area contributed by atoms with Gasteiger partial charge in [0.15, 0.2) is 0 Å². The van der Waals surface area contributed by atoms with E-state index in [0.29, 0.717) is 13.1 Å². The van der Waals surface area contributed by atoms with Gasteiger partial charge in [-0.25, -0.2) is 0 Å². The second-order valence-corrected chi connectivity index (χ2v) is 5.43. The maximum absolute atomic E-state index is 11.7. The summed E-state index contributed by atoms with van der Waals surface area (Å²) in [5.74, 6) is -0.318. The molecule has 1 rings (SSSR count). The van der Waals surface area contributed by atoms with Crippen molar-refractivity contribution in [2.75, 3.05) is 6.54 Å². The van der Waals surface area contributed by atoms with Crippen molar-refractivity contribution in [3.05, 3.63) is 30.1 Å². The van der Waals surface area contributed by atoms with Crippen LogP contribution in [0.5, 0.6) is 0 Å². The van der Waals surface area contributed by atoms with Crippen LogP contribution in [0.1, 0.15) is 33.3 Å². The Kier molecular flexibility index (Phi) is 5.28. The number of ether oxygens (including phenoxy) is 1. The average molecular weight is 250 g/mol. The van der Waals surface area contributed by atoms with E-state index in [0.717, 1.165) is 5.56 Å². The molecule has 1 heterocycles. The number of pyridine rings is 1.